The van der Waals surface area contributed by atoms with Crippen molar-refractivity contribution in [2.45, 2.75) is 13.3 Å². The molecule has 0 aliphatic heterocycles. The smallest absolute Gasteiger partial charge is 0.267 e. The Labute approximate surface area is 113 Å². The maximum absolute atomic E-state index is 12.1. The molecule has 8 heteroatoms. The van der Waals surface area contributed by atoms with E-state index in [1.54, 1.807) is 0 Å². The second kappa shape index (κ2) is 5.53. The Morgan fingerprint density at radius 2 is 2.47 bits per heavy atom. The second-order valence-corrected chi connectivity index (χ2v) is 4.64. The summed E-state index contributed by atoms with van der Waals surface area (Å²) in [6, 6.07) is 1.91. The van der Waals surface area contributed by atoms with Gasteiger partial charge >= 0.3 is 0 Å². The van der Waals surface area contributed by atoms with E-state index in [4.69, 9.17) is 10.9 Å². The largest absolute Gasteiger partial charge is 0.409 e. The molecular weight excluding hydrogens is 266 g/mol. The lowest BCUT2D eigenvalue weighted by atomic mass is 10.2. The minimum absolute atomic E-state index is 0.119. The van der Waals surface area contributed by atoms with Crippen molar-refractivity contribution < 1.29 is 10.0 Å². The number of aromatic nitrogens is 2. The van der Waals surface area contributed by atoms with Gasteiger partial charge in [-0.3, -0.25) is 9.89 Å². The number of nitrogens with one attached hydrogen (secondary N) is 2. The van der Waals surface area contributed by atoms with Crippen LogP contribution >= 0.6 is 11.3 Å². The minimum Gasteiger partial charge on any atom is -0.409 e. The van der Waals surface area contributed by atoms with Crippen LogP contribution in [0, 0.1) is 0 Å². The zero-order chi connectivity index (χ0) is 13.8. The zero-order valence-electron chi connectivity index (χ0n) is 10.2. The monoisotopic (exact) mass is 279 g/mol. The lowest BCUT2D eigenvalue weighted by Gasteiger charge is -2.05. The number of thiophene rings is 1. The van der Waals surface area contributed by atoms with Gasteiger partial charge in [-0.2, -0.15) is 5.10 Å². The van der Waals surface area contributed by atoms with E-state index >= 15 is 0 Å². The van der Waals surface area contributed by atoms with Crippen LogP contribution in [-0.4, -0.2) is 27.1 Å². The van der Waals surface area contributed by atoms with Crippen molar-refractivity contribution in [2.75, 3.05) is 5.32 Å². The lowest BCUT2D eigenvalue weighted by Crippen LogP contribution is -2.18. The fraction of sp³-hybridized carbons (Fsp3) is 0.182. The van der Waals surface area contributed by atoms with Gasteiger partial charge in [0.15, 0.2) is 5.84 Å². The van der Waals surface area contributed by atoms with E-state index < -0.39 is 0 Å². The molecule has 1 amide bonds. The molecule has 0 aliphatic carbocycles. The first-order chi connectivity index (χ1) is 9.17. The molecule has 0 aromatic carbocycles. The average molecular weight is 279 g/mol. The first-order valence-electron chi connectivity index (χ1n) is 5.56. The van der Waals surface area contributed by atoms with Crippen LogP contribution in [0.15, 0.2) is 22.8 Å². The van der Waals surface area contributed by atoms with Crippen molar-refractivity contribution in [1.82, 2.24) is 10.2 Å². The van der Waals surface area contributed by atoms with E-state index in [-0.39, 0.29) is 11.7 Å². The highest BCUT2D eigenvalue weighted by Gasteiger charge is 2.16. The number of hydrogen-bond acceptors (Lipinski definition) is 5. The molecule has 19 heavy (non-hydrogen) atoms. The molecule has 0 saturated carbocycles. The van der Waals surface area contributed by atoms with Crippen LogP contribution in [0.2, 0.25) is 0 Å². The van der Waals surface area contributed by atoms with Gasteiger partial charge in [0.05, 0.1) is 16.6 Å². The second-order valence-electron chi connectivity index (χ2n) is 3.73. The zero-order valence-corrected chi connectivity index (χ0v) is 11.0. The van der Waals surface area contributed by atoms with Crippen molar-refractivity contribution in [1.29, 1.82) is 0 Å². The van der Waals surface area contributed by atoms with E-state index in [1.165, 1.54) is 17.5 Å². The van der Waals surface area contributed by atoms with Crippen molar-refractivity contribution in [3.8, 4) is 0 Å². The fourth-order valence-electron chi connectivity index (χ4n) is 1.61. The number of H-pyrrole nitrogens is 1. The molecule has 0 radical (unpaired) electrons. The standard InChI is InChI=1S/C11H13N5O2S/c1-2-6-3-4-19-8(6)11(17)14-10-7(5-13-15-10)9(12)16-18/h3-5,18H,2H2,1H3,(H2,12,16)(H2,13,14,15,17). The maximum atomic E-state index is 12.1. The third-order valence-corrected chi connectivity index (χ3v) is 3.55. The van der Waals surface area contributed by atoms with E-state index in [1.807, 2.05) is 18.4 Å². The first-order valence-corrected chi connectivity index (χ1v) is 6.44. The topological polar surface area (TPSA) is 116 Å². The third kappa shape index (κ3) is 2.58. The van der Waals surface area contributed by atoms with Gasteiger partial charge in [-0.05, 0) is 23.4 Å². The van der Waals surface area contributed by atoms with Crippen LogP contribution in [0.25, 0.3) is 0 Å². The molecular formula is C11H13N5O2S. The molecule has 100 valence electrons. The Morgan fingerprint density at radius 1 is 1.68 bits per heavy atom. The number of oxime groups is 1. The molecule has 2 rings (SSSR count). The van der Waals surface area contributed by atoms with Gasteiger partial charge in [0.25, 0.3) is 5.91 Å². The molecule has 0 bridgehead atoms. The summed E-state index contributed by atoms with van der Waals surface area (Å²) < 4.78 is 0. The van der Waals surface area contributed by atoms with Gasteiger partial charge in [-0.15, -0.1) is 11.3 Å². The van der Waals surface area contributed by atoms with Crippen LogP contribution in [0.1, 0.15) is 27.7 Å². The first kappa shape index (κ1) is 13.1. The molecule has 2 aromatic heterocycles. The number of nitrogens with two attached hydrogens (primary N) is 1. The molecule has 0 aliphatic rings. The highest BCUT2D eigenvalue weighted by Crippen LogP contribution is 2.20. The highest BCUT2D eigenvalue weighted by atomic mass is 32.1. The molecule has 7 nitrogen and oxygen atoms in total. The number of hydrogen-bond donors (Lipinski definition) is 4. The summed E-state index contributed by atoms with van der Waals surface area (Å²) in [5, 5.41) is 22.4. The van der Waals surface area contributed by atoms with Crippen LogP contribution in [0.3, 0.4) is 0 Å². The number of amidine groups is 1. The number of anilines is 1. The van der Waals surface area contributed by atoms with Crippen molar-refractivity contribution in [2.24, 2.45) is 10.9 Å². The lowest BCUT2D eigenvalue weighted by molar-refractivity contribution is 0.102. The number of rotatable bonds is 4. The summed E-state index contributed by atoms with van der Waals surface area (Å²) in [5.74, 6) is -0.0650. The fourth-order valence-corrected chi connectivity index (χ4v) is 2.50. The van der Waals surface area contributed by atoms with Crippen LogP contribution < -0.4 is 11.1 Å². The number of aromatic amines is 1. The van der Waals surface area contributed by atoms with Gasteiger partial charge in [0.2, 0.25) is 0 Å². The van der Waals surface area contributed by atoms with E-state index in [0.717, 1.165) is 12.0 Å². The summed E-state index contributed by atoms with van der Waals surface area (Å²) in [6.07, 6.45) is 2.15. The molecule has 0 spiro atoms. The van der Waals surface area contributed by atoms with Gasteiger partial charge < -0.3 is 16.3 Å². The third-order valence-electron chi connectivity index (χ3n) is 2.60. The number of carbonyl (C=O) groups is 1. The Hall–Kier alpha value is -2.35. The van der Waals surface area contributed by atoms with Gasteiger partial charge in [0.1, 0.15) is 5.82 Å². The van der Waals surface area contributed by atoms with E-state index in [9.17, 15) is 4.79 Å². The summed E-state index contributed by atoms with van der Waals surface area (Å²) in [6.45, 7) is 1.98. The van der Waals surface area contributed by atoms with E-state index in [2.05, 4.69) is 20.7 Å². The number of carbonyl (C=O) groups excluding carboxylic acids is 1. The number of aryl methyl sites for hydroxylation is 1. The molecule has 5 N–H and O–H groups in total. The van der Waals surface area contributed by atoms with Crippen LogP contribution in [0.5, 0.6) is 0 Å². The normalized spacial score (nSPS) is 11.5. The van der Waals surface area contributed by atoms with Gasteiger partial charge in [-0.25, -0.2) is 0 Å². The quantitative estimate of drug-likeness (QED) is 0.293. The van der Waals surface area contributed by atoms with Crippen molar-refractivity contribution in [3.05, 3.63) is 33.6 Å². The molecule has 0 fully saturated rings. The Balaban J connectivity index is 2.23. The molecule has 0 unspecified atom stereocenters. The summed E-state index contributed by atoms with van der Waals surface area (Å²) >= 11 is 1.37. The predicted molar refractivity (Wildman–Crippen MR) is 72.7 cm³/mol. The van der Waals surface area contributed by atoms with Crippen LogP contribution in [-0.2, 0) is 6.42 Å². The summed E-state index contributed by atoms with van der Waals surface area (Å²) in [4.78, 5) is 12.8. The van der Waals surface area contributed by atoms with Crippen molar-refractivity contribution >= 4 is 28.9 Å². The minimum atomic E-state index is -0.247. The highest BCUT2D eigenvalue weighted by molar-refractivity contribution is 7.12. The SMILES string of the molecule is CCc1ccsc1C(=O)Nc1[nH]ncc1C(N)=NO. The van der Waals surface area contributed by atoms with Gasteiger partial charge in [-0.1, -0.05) is 12.1 Å². The summed E-state index contributed by atoms with van der Waals surface area (Å²) in [7, 11) is 0. The number of amides is 1. The van der Waals surface area contributed by atoms with E-state index in [0.29, 0.717) is 16.3 Å². The molecule has 2 aromatic rings. The maximum Gasteiger partial charge on any atom is 0.267 e. The Morgan fingerprint density at radius 3 is 3.16 bits per heavy atom. The predicted octanol–water partition coefficient (Wildman–Crippen LogP) is 1.38. The Kier molecular flexibility index (Phi) is 3.81. The molecule has 2 heterocycles. The van der Waals surface area contributed by atoms with Crippen molar-refractivity contribution in [3.63, 3.8) is 0 Å². The summed E-state index contributed by atoms with van der Waals surface area (Å²) in [5.41, 5.74) is 6.80. The van der Waals surface area contributed by atoms with Gasteiger partial charge in [0, 0.05) is 0 Å². The molecule has 0 saturated heterocycles. The average Bonchev–Trinajstić information content (AvgIpc) is 3.05. The number of nitrogens with zero attached hydrogens (tertiary/aromatic N) is 2. The molecule has 0 atom stereocenters. The van der Waals surface area contributed by atoms with Crippen LogP contribution in [0.4, 0.5) is 5.82 Å². The Bertz CT molecular complexity index is 616.